The van der Waals surface area contributed by atoms with Crippen molar-refractivity contribution in [1.29, 1.82) is 0 Å². The van der Waals surface area contributed by atoms with Crippen molar-refractivity contribution in [2.75, 3.05) is 25.4 Å². The predicted molar refractivity (Wildman–Crippen MR) is 60.1 cm³/mol. The van der Waals surface area contributed by atoms with E-state index in [1.165, 1.54) is 0 Å². The van der Waals surface area contributed by atoms with Crippen molar-refractivity contribution in [3.8, 4) is 0 Å². The molecule has 0 saturated carbocycles. The second-order valence-electron chi connectivity index (χ2n) is 4.22. The number of aliphatic hydroxyl groups excluding tert-OH is 1. The Bertz CT molecular complexity index is 276. The van der Waals surface area contributed by atoms with Crippen LogP contribution in [0.2, 0.25) is 0 Å². The lowest BCUT2D eigenvalue weighted by atomic mass is 10.0. The Hall–Kier alpha value is -0.130. The van der Waals surface area contributed by atoms with Gasteiger partial charge in [0.05, 0.1) is 5.75 Å². The highest BCUT2D eigenvalue weighted by Gasteiger charge is 2.27. The summed E-state index contributed by atoms with van der Waals surface area (Å²) in [6.07, 6.45) is 3.44. The number of nitrogens with zero attached hydrogens (tertiary/aromatic N) is 1. The van der Waals surface area contributed by atoms with E-state index in [1.54, 1.807) is 4.31 Å². The van der Waals surface area contributed by atoms with Crippen molar-refractivity contribution < 1.29 is 13.5 Å². The molecule has 0 aromatic carbocycles. The molecule has 1 heterocycles. The molecular weight excluding hydrogens is 214 g/mol. The van der Waals surface area contributed by atoms with Crippen LogP contribution in [0, 0.1) is 5.92 Å². The van der Waals surface area contributed by atoms with Gasteiger partial charge in [-0.05, 0) is 25.2 Å². The maximum absolute atomic E-state index is 11.9. The highest BCUT2D eigenvalue weighted by molar-refractivity contribution is 7.89. The third-order valence-electron chi connectivity index (χ3n) is 2.89. The molecule has 90 valence electrons. The molecule has 1 aliphatic rings. The number of rotatable bonds is 5. The SMILES string of the molecule is CCCCS(=O)(=O)N1CCCC(CO)C1. The largest absolute Gasteiger partial charge is 0.396 e. The molecule has 5 heteroatoms. The zero-order chi connectivity index (χ0) is 11.3. The maximum Gasteiger partial charge on any atom is 0.214 e. The minimum absolute atomic E-state index is 0.0970. The van der Waals surface area contributed by atoms with Gasteiger partial charge in [-0.15, -0.1) is 0 Å². The monoisotopic (exact) mass is 235 g/mol. The summed E-state index contributed by atoms with van der Waals surface area (Å²) in [5, 5.41) is 9.03. The summed E-state index contributed by atoms with van der Waals surface area (Å²) in [7, 11) is -3.07. The van der Waals surface area contributed by atoms with Crippen LogP contribution in [0.5, 0.6) is 0 Å². The first-order valence-electron chi connectivity index (χ1n) is 5.69. The Morgan fingerprint density at radius 1 is 1.47 bits per heavy atom. The van der Waals surface area contributed by atoms with Gasteiger partial charge in [0.2, 0.25) is 10.0 Å². The Labute approximate surface area is 92.3 Å². The van der Waals surface area contributed by atoms with Crippen LogP contribution >= 0.6 is 0 Å². The van der Waals surface area contributed by atoms with Gasteiger partial charge < -0.3 is 5.11 Å². The lowest BCUT2D eigenvalue weighted by Gasteiger charge is -2.30. The van der Waals surface area contributed by atoms with E-state index in [0.717, 1.165) is 25.7 Å². The molecule has 1 fully saturated rings. The van der Waals surface area contributed by atoms with E-state index in [-0.39, 0.29) is 18.3 Å². The van der Waals surface area contributed by atoms with Gasteiger partial charge >= 0.3 is 0 Å². The van der Waals surface area contributed by atoms with Crippen molar-refractivity contribution in [2.24, 2.45) is 5.92 Å². The minimum atomic E-state index is -3.07. The second kappa shape index (κ2) is 5.82. The zero-order valence-corrected chi connectivity index (χ0v) is 10.2. The van der Waals surface area contributed by atoms with E-state index in [2.05, 4.69) is 0 Å². The topological polar surface area (TPSA) is 57.6 Å². The normalized spacial score (nSPS) is 24.3. The first-order chi connectivity index (χ1) is 7.10. The van der Waals surface area contributed by atoms with Crippen LogP contribution in [0.25, 0.3) is 0 Å². The van der Waals surface area contributed by atoms with Crippen molar-refractivity contribution in [2.45, 2.75) is 32.6 Å². The van der Waals surface area contributed by atoms with E-state index < -0.39 is 10.0 Å². The van der Waals surface area contributed by atoms with E-state index >= 15 is 0 Å². The molecule has 0 spiro atoms. The molecule has 1 unspecified atom stereocenters. The molecule has 0 aromatic heterocycles. The molecule has 0 amide bonds. The van der Waals surface area contributed by atoms with Crippen LogP contribution < -0.4 is 0 Å². The van der Waals surface area contributed by atoms with Crippen LogP contribution in [0.4, 0.5) is 0 Å². The van der Waals surface area contributed by atoms with E-state index in [0.29, 0.717) is 13.1 Å². The average molecular weight is 235 g/mol. The molecule has 0 aliphatic carbocycles. The molecular formula is C10H21NO3S. The van der Waals surface area contributed by atoms with Crippen LogP contribution in [0.3, 0.4) is 0 Å². The quantitative estimate of drug-likeness (QED) is 0.767. The first-order valence-corrected chi connectivity index (χ1v) is 7.29. The van der Waals surface area contributed by atoms with Gasteiger partial charge in [0.15, 0.2) is 0 Å². The highest BCUT2D eigenvalue weighted by Crippen LogP contribution is 2.19. The molecule has 1 aliphatic heterocycles. The molecule has 0 radical (unpaired) electrons. The smallest absolute Gasteiger partial charge is 0.214 e. The standard InChI is InChI=1S/C10H21NO3S/c1-2-3-7-15(13,14)11-6-4-5-10(8-11)9-12/h10,12H,2-9H2,1H3. The third kappa shape index (κ3) is 3.74. The van der Waals surface area contributed by atoms with E-state index in [9.17, 15) is 8.42 Å². The molecule has 1 saturated heterocycles. The molecule has 1 rings (SSSR count). The van der Waals surface area contributed by atoms with Crippen LogP contribution in [-0.4, -0.2) is 43.3 Å². The van der Waals surface area contributed by atoms with Crippen molar-refractivity contribution in [3.05, 3.63) is 0 Å². The summed E-state index contributed by atoms with van der Waals surface area (Å²) in [5.74, 6) is 0.386. The van der Waals surface area contributed by atoms with Crippen molar-refractivity contribution in [3.63, 3.8) is 0 Å². The number of hydrogen-bond acceptors (Lipinski definition) is 3. The predicted octanol–water partition coefficient (Wildman–Crippen LogP) is 0.821. The third-order valence-corrected chi connectivity index (χ3v) is 4.81. The maximum atomic E-state index is 11.9. The average Bonchev–Trinajstić information content (AvgIpc) is 2.26. The summed E-state index contributed by atoms with van der Waals surface area (Å²) >= 11 is 0. The van der Waals surface area contributed by atoms with Crippen molar-refractivity contribution in [1.82, 2.24) is 4.31 Å². The van der Waals surface area contributed by atoms with E-state index in [1.807, 2.05) is 6.92 Å². The molecule has 1 atom stereocenters. The summed E-state index contributed by atoms with van der Waals surface area (Å²) in [6, 6.07) is 0. The second-order valence-corrected chi connectivity index (χ2v) is 6.31. The number of unbranched alkanes of at least 4 members (excludes halogenated alkanes) is 1. The van der Waals surface area contributed by atoms with Crippen molar-refractivity contribution >= 4 is 10.0 Å². The minimum Gasteiger partial charge on any atom is -0.396 e. The molecule has 15 heavy (non-hydrogen) atoms. The number of piperidine rings is 1. The first kappa shape index (κ1) is 12.9. The van der Waals surface area contributed by atoms with Gasteiger partial charge in [0.25, 0.3) is 0 Å². The summed E-state index contributed by atoms with van der Waals surface area (Å²) in [5.41, 5.74) is 0. The van der Waals surface area contributed by atoms with Gasteiger partial charge in [-0.2, -0.15) is 0 Å². The lowest BCUT2D eigenvalue weighted by molar-refractivity contribution is 0.165. The van der Waals surface area contributed by atoms with Crippen LogP contribution in [0.15, 0.2) is 0 Å². The van der Waals surface area contributed by atoms with E-state index in [4.69, 9.17) is 5.11 Å². The molecule has 4 nitrogen and oxygen atoms in total. The van der Waals surface area contributed by atoms with Gasteiger partial charge in [-0.1, -0.05) is 13.3 Å². The van der Waals surface area contributed by atoms with Gasteiger partial charge in [-0.3, -0.25) is 0 Å². The van der Waals surface area contributed by atoms with Crippen LogP contribution in [0.1, 0.15) is 32.6 Å². The fourth-order valence-electron chi connectivity index (χ4n) is 1.88. The zero-order valence-electron chi connectivity index (χ0n) is 9.35. The number of hydrogen-bond donors (Lipinski definition) is 1. The van der Waals surface area contributed by atoms with Gasteiger partial charge in [-0.25, -0.2) is 12.7 Å². The lowest BCUT2D eigenvalue weighted by Crippen LogP contribution is -2.41. The molecule has 0 aromatic rings. The van der Waals surface area contributed by atoms with Gasteiger partial charge in [0, 0.05) is 19.7 Å². The fraction of sp³-hybridized carbons (Fsp3) is 1.00. The molecule has 1 N–H and O–H groups in total. The Morgan fingerprint density at radius 2 is 2.20 bits per heavy atom. The number of sulfonamides is 1. The summed E-state index contributed by atoms with van der Waals surface area (Å²) in [4.78, 5) is 0. The fourth-order valence-corrected chi connectivity index (χ4v) is 3.64. The Morgan fingerprint density at radius 3 is 2.80 bits per heavy atom. The summed E-state index contributed by atoms with van der Waals surface area (Å²) < 4.78 is 25.2. The van der Waals surface area contributed by atoms with Gasteiger partial charge in [0.1, 0.15) is 0 Å². The Balaban J connectivity index is 2.54. The summed E-state index contributed by atoms with van der Waals surface area (Å²) in [6.45, 7) is 3.22. The molecule has 0 bridgehead atoms. The Kier molecular flexibility index (Phi) is 5.02. The highest BCUT2D eigenvalue weighted by atomic mass is 32.2. The van der Waals surface area contributed by atoms with Crippen LogP contribution in [-0.2, 0) is 10.0 Å². The number of aliphatic hydroxyl groups is 1.